The molecule has 0 atom stereocenters. The van der Waals surface area contributed by atoms with E-state index >= 15 is 0 Å². The second-order valence-corrected chi connectivity index (χ2v) is 13.3. The van der Waals surface area contributed by atoms with Gasteiger partial charge in [0.2, 0.25) is 17.7 Å². The quantitative estimate of drug-likeness (QED) is 0.214. The molecule has 0 aliphatic heterocycles. The molecule has 4 bridgehead atoms. The molecule has 3 amide bonds. The Morgan fingerprint density at radius 1 is 0.756 bits per heavy atom. The number of rotatable bonds is 14. The highest BCUT2D eigenvalue weighted by Crippen LogP contribution is 2.55. The van der Waals surface area contributed by atoms with Crippen LogP contribution in [0.2, 0.25) is 0 Å². The van der Waals surface area contributed by atoms with E-state index in [1.54, 1.807) is 6.20 Å². The second-order valence-electron chi connectivity index (χ2n) is 13.3. The summed E-state index contributed by atoms with van der Waals surface area (Å²) in [4.78, 5) is 41.7. The zero-order valence-electron chi connectivity index (χ0n) is 25.9. The molecule has 0 saturated heterocycles. The Kier molecular flexibility index (Phi) is 9.77. The molecule has 2 aromatic carbocycles. The van der Waals surface area contributed by atoms with Crippen molar-refractivity contribution in [3.8, 4) is 16.9 Å². The Hall–Kier alpha value is -4.20. The van der Waals surface area contributed by atoms with Crippen molar-refractivity contribution in [1.29, 1.82) is 0 Å². The zero-order valence-corrected chi connectivity index (χ0v) is 25.9. The molecule has 4 fully saturated rings. The molecule has 8 heteroatoms. The van der Waals surface area contributed by atoms with E-state index in [1.165, 1.54) is 19.3 Å². The van der Waals surface area contributed by atoms with Crippen molar-refractivity contribution in [3.05, 3.63) is 84.2 Å². The molecule has 0 spiro atoms. The van der Waals surface area contributed by atoms with Crippen molar-refractivity contribution in [3.63, 3.8) is 0 Å². The number of ether oxygens (including phenoxy) is 1. The molecule has 45 heavy (non-hydrogen) atoms. The number of hydrogen-bond acceptors (Lipinski definition) is 5. The molecule has 1 aromatic heterocycles. The Bertz CT molecular complexity index is 1420. The van der Waals surface area contributed by atoms with E-state index in [0.29, 0.717) is 50.4 Å². The van der Waals surface area contributed by atoms with E-state index < -0.39 is 0 Å². The smallest absolute Gasteiger partial charge is 0.226 e. The third-order valence-electron chi connectivity index (χ3n) is 9.63. The summed E-state index contributed by atoms with van der Waals surface area (Å²) in [5.41, 5.74) is 3.76. The summed E-state index contributed by atoms with van der Waals surface area (Å²) in [5.74, 6) is 3.10. The Labute approximate surface area is 265 Å². The minimum Gasteiger partial charge on any atom is -0.492 e. The largest absolute Gasteiger partial charge is 0.492 e. The van der Waals surface area contributed by atoms with Crippen LogP contribution >= 0.6 is 0 Å². The lowest BCUT2D eigenvalue weighted by Crippen LogP contribution is -2.59. The van der Waals surface area contributed by atoms with Gasteiger partial charge in [0, 0.05) is 42.4 Å². The minimum absolute atomic E-state index is 0.0352. The number of carbonyl (C=O) groups is 3. The fourth-order valence-electron chi connectivity index (χ4n) is 7.95. The standard InChI is InChI=1S/C37H44N4O4/c42-34(7-4-8-35(43)41-37-21-27-17-28(22-37)19-29(18-27)23-37)38-15-16-45-33-13-10-30(11-14-33)31-9-12-32(39-25-31)20-36(44)40-24-26-5-2-1-3-6-26/h1-3,5-6,9-14,25,27-29H,4,7-8,15-24H2,(H,38,42)(H,40,44)(H,41,43). The summed E-state index contributed by atoms with van der Waals surface area (Å²) in [6.07, 6.45) is 10.8. The first-order chi connectivity index (χ1) is 21.9. The SMILES string of the molecule is O=C(CCCC(=O)NC12CC3CC(CC(C3)C1)C2)NCCOc1ccc(-c2ccc(CC(=O)NCc3ccccc3)nc2)cc1. The summed E-state index contributed by atoms with van der Waals surface area (Å²) in [7, 11) is 0. The van der Waals surface area contributed by atoms with Crippen LogP contribution in [0.25, 0.3) is 11.1 Å². The maximum atomic E-state index is 12.7. The van der Waals surface area contributed by atoms with Crippen LogP contribution in [-0.2, 0) is 27.3 Å². The van der Waals surface area contributed by atoms with Gasteiger partial charge in [0.25, 0.3) is 0 Å². The van der Waals surface area contributed by atoms with Crippen LogP contribution in [0.3, 0.4) is 0 Å². The molecule has 7 rings (SSSR count). The van der Waals surface area contributed by atoms with Gasteiger partial charge >= 0.3 is 0 Å². The summed E-state index contributed by atoms with van der Waals surface area (Å²) in [6.45, 7) is 1.27. The molecule has 3 N–H and O–H groups in total. The number of amides is 3. The molecule has 0 unspecified atom stereocenters. The summed E-state index contributed by atoms with van der Waals surface area (Å²) in [5, 5.41) is 9.21. The first kappa shape index (κ1) is 30.8. The number of nitrogens with one attached hydrogen (secondary N) is 3. The molecule has 0 radical (unpaired) electrons. The third kappa shape index (κ3) is 8.50. The maximum absolute atomic E-state index is 12.7. The molecule has 1 heterocycles. The second kappa shape index (κ2) is 14.3. The molecule has 4 aliphatic carbocycles. The van der Waals surface area contributed by atoms with Crippen LogP contribution in [0.1, 0.15) is 69.0 Å². The fourth-order valence-corrected chi connectivity index (χ4v) is 7.95. The predicted molar refractivity (Wildman–Crippen MR) is 173 cm³/mol. The zero-order chi connectivity index (χ0) is 31.1. The number of carbonyl (C=O) groups excluding carboxylic acids is 3. The van der Waals surface area contributed by atoms with Gasteiger partial charge in [-0.3, -0.25) is 19.4 Å². The van der Waals surface area contributed by atoms with Gasteiger partial charge in [0.1, 0.15) is 12.4 Å². The van der Waals surface area contributed by atoms with Crippen LogP contribution in [0.5, 0.6) is 5.75 Å². The topological polar surface area (TPSA) is 109 Å². The van der Waals surface area contributed by atoms with E-state index in [2.05, 4.69) is 20.9 Å². The van der Waals surface area contributed by atoms with Crippen molar-refractivity contribution in [1.82, 2.24) is 20.9 Å². The average molecular weight is 609 g/mol. The van der Waals surface area contributed by atoms with Gasteiger partial charge in [0.15, 0.2) is 0 Å². The third-order valence-corrected chi connectivity index (χ3v) is 9.63. The first-order valence-electron chi connectivity index (χ1n) is 16.5. The van der Waals surface area contributed by atoms with Gasteiger partial charge in [-0.2, -0.15) is 0 Å². The lowest BCUT2D eigenvalue weighted by Gasteiger charge is -2.56. The monoisotopic (exact) mass is 608 g/mol. The van der Waals surface area contributed by atoms with Crippen molar-refractivity contribution in [2.75, 3.05) is 13.2 Å². The molecule has 4 saturated carbocycles. The predicted octanol–water partition coefficient (Wildman–Crippen LogP) is 5.36. The lowest BCUT2D eigenvalue weighted by atomic mass is 9.53. The van der Waals surface area contributed by atoms with Crippen molar-refractivity contribution >= 4 is 17.7 Å². The molecule has 8 nitrogen and oxygen atoms in total. The van der Waals surface area contributed by atoms with Crippen molar-refractivity contribution in [2.24, 2.45) is 17.8 Å². The van der Waals surface area contributed by atoms with Gasteiger partial charge in [-0.05, 0) is 92.0 Å². The van der Waals surface area contributed by atoms with Gasteiger partial charge < -0.3 is 20.7 Å². The molecule has 4 aliphatic rings. The van der Waals surface area contributed by atoms with Gasteiger partial charge in [-0.25, -0.2) is 0 Å². The van der Waals surface area contributed by atoms with E-state index in [9.17, 15) is 14.4 Å². The normalized spacial score (nSPS) is 22.9. The number of hydrogen-bond donors (Lipinski definition) is 3. The lowest BCUT2D eigenvalue weighted by molar-refractivity contribution is -0.127. The first-order valence-corrected chi connectivity index (χ1v) is 16.5. The van der Waals surface area contributed by atoms with E-state index in [1.807, 2.05) is 66.7 Å². The van der Waals surface area contributed by atoms with E-state index in [-0.39, 0.29) is 29.7 Å². The fraction of sp³-hybridized carbons (Fsp3) is 0.459. The highest BCUT2D eigenvalue weighted by atomic mass is 16.5. The van der Waals surface area contributed by atoms with Crippen molar-refractivity contribution in [2.45, 2.75) is 76.3 Å². The molecular formula is C37H44N4O4. The number of nitrogens with zero attached hydrogens (tertiary/aromatic N) is 1. The Morgan fingerprint density at radius 3 is 2.09 bits per heavy atom. The van der Waals surface area contributed by atoms with Gasteiger partial charge in [0.05, 0.1) is 13.0 Å². The van der Waals surface area contributed by atoms with Crippen LogP contribution in [-0.4, -0.2) is 41.4 Å². The van der Waals surface area contributed by atoms with E-state index in [4.69, 9.17) is 4.74 Å². The maximum Gasteiger partial charge on any atom is 0.226 e. The number of aromatic nitrogens is 1. The van der Waals surface area contributed by atoms with Crippen LogP contribution in [0.4, 0.5) is 0 Å². The molecule has 236 valence electrons. The minimum atomic E-state index is -0.0633. The molecular weight excluding hydrogens is 564 g/mol. The van der Waals surface area contributed by atoms with Crippen LogP contribution in [0.15, 0.2) is 72.9 Å². The van der Waals surface area contributed by atoms with Crippen LogP contribution < -0.4 is 20.7 Å². The van der Waals surface area contributed by atoms with Gasteiger partial charge in [-0.15, -0.1) is 0 Å². The Balaban J connectivity index is 0.845. The van der Waals surface area contributed by atoms with Gasteiger partial charge in [-0.1, -0.05) is 48.5 Å². The highest BCUT2D eigenvalue weighted by Gasteiger charge is 2.51. The van der Waals surface area contributed by atoms with Crippen LogP contribution in [0, 0.1) is 17.8 Å². The van der Waals surface area contributed by atoms with Crippen molar-refractivity contribution < 1.29 is 19.1 Å². The number of pyridine rings is 1. The molecule has 3 aromatic rings. The highest BCUT2D eigenvalue weighted by molar-refractivity contribution is 5.79. The number of benzene rings is 2. The Morgan fingerprint density at radius 2 is 1.42 bits per heavy atom. The average Bonchev–Trinajstić information content (AvgIpc) is 3.02. The van der Waals surface area contributed by atoms with E-state index in [0.717, 1.165) is 53.7 Å². The summed E-state index contributed by atoms with van der Waals surface area (Å²) < 4.78 is 5.80. The summed E-state index contributed by atoms with van der Waals surface area (Å²) >= 11 is 0. The summed E-state index contributed by atoms with van der Waals surface area (Å²) in [6, 6.07) is 21.4.